The maximum absolute atomic E-state index is 12.5. The average molecular weight is 487 g/mol. The highest BCUT2D eigenvalue weighted by molar-refractivity contribution is 9.10. The summed E-state index contributed by atoms with van der Waals surface area (Å²) in [6.45, 7) is 8.02. The molecular formula is C24H31BrN4O2. The van der Waals surface area contributed by atoms with Gasteiger partial charge in [-0.2, -0.15) is 0 Å². The summed E-state index contributed by atoms with van der Waals surface area (Å²) in [6.07, 6.45) is 0.228. The molecule has 2 N–H and O–H groups in total. The Morgan fingerprint density at radius 3 is 2.26 bits per heavy atom. The van der Waals surface area contributed by atoms with Gasteiger partial charge in [0.05, 0.1) is 12.5 Å². The molecule has 7 heteroatoms. The van der Waals surface area contributed by atoms with Crippen molar-refractivity contribution >= 4 is 27.7 Å². The number of nitrogens with zero attached hydrogens (tertiary/aromatic N) is 2. The van der Waals surface area contributed by atoms with Gasteiger partial charge in [-0.3, -0.25) is 19.4 Å². The second-order valence-electron chi connectivity index (χ2n) is 7.96. The minimum Gasteiger partial charge on any atom is -0.355 e. The van der Waals surface area contributed by atoms with E-state index in [1.54, 1.807) is 0 Å². The first kappa shape index (κ1) is 23.4. The van der Waals surface area contributed by atoms with Gasteiger partial charge in [0.25, 0.3) is 0 Å². The van der Waals surface area contributed by atoms with Gasteiger partial charge in [-0.15, -0.1) is 0 Å². The van der Waals surface area contributed by atoms with Crippen LogP contribution in [0.4, 0.5) is 0 Å². The zero-order valence-corrected chi connectivity index (χ0v) is 19.6. The Bertz CT molecular complexity index is 836. The summed E-state index contributed by atoms with van der Waals surface area (Å²) in [7, 11) is 0. The van der Waals surface area contributed by atoms with E-state index in [4.69, 9.17) is 0 Å². The number of hydrogen-bond acceptors (Lipinski definition) is 4. The number of carbonyl (C=O) groups excluding carboxylic acids is 2. The second-order valence-corrected chi connectivity index (χ2v) is 8.88. The summed E-state index contributed by atoms with van der Waals surface area (Å²) in [5, 5.41) is 5.89. The normalized spacial score (nSPS) is 15.9. The number of carbonyl (C=O) groups is 2. The van der Waals surface area contributed by atoms with Crippen LogP contribution in [0.2, 0.25) is 0 Å². The van der Waals surface area contributed by atoms with Crippen LogP contribution < -0.4 is 10.6 Å². The summed E-state index contributed by atoms with van der Waals surface area (Å²) in [4.78, 5) is 28.9. The Hall–Kier alpha value is -2.22. The number of halogens is 1. The van der Waals surface area contributed by atoms with Crippen LogP contribution in [0.5, 0.6) is 0 Å². The molecule has 0 spiro atoms. The molecule has 166 valence electrons. The SMILES string of the molecule is CC(=O)NC(CC(=O)NCCN1CCN(Cc2ccccc2)CC1)c1ccc(Br)cc1. The van der Waals surface area contributed by atoms with Crippen molar-refractivity contribution in [3.63, 3.8) is 0 Å². The van der Waals surface area contributed by atoms with E-state index in [0.29, 0.717) is 6.54 Å². The lowest BCUT2D eigenvalue weighted by molar-refractivity contribution is -0.122. The van der Waals surface area contributed by atoms with Gasteiger partial charge in [0.1, 0.15) is 0 Å². The van der Waals surface area contributed by atoms with Crippen molar-refractivity contribution in [1.29, 1.82) is 0 Å². The summed E-state index contributed by atoms with van der Waals surface area (Å²) >= 11 is 3.41. The van der Waals surface area contributed by atoms with E-state index in [1.165, 1.54) is 12.5 Å². The first-order chi connectivity index (χ1) is 15.0. The summed E-state index contributed by atoms with van der Waals surface area (Å²) < 4.78 is 0.964. The predicted octanol–water partition coefficient (Wildman–Crippen LogP) is 2.95. The van der Waals surface area contributed by atoms with Crippen molar-refractivity contribution in [2.24, 2.45) is 0 Å². The largest absolute Gasteiger partial charge is 0.355 e. The van der Waals surface area contributed by atoms with Crippen molar-refractivity contribution in [3.8, 4) is 0 Å². The van der Waals surface area contributed by atoms with E-state index in [9.17, 15) is 9.59 Å². The molecule has 2 amide bonds. The summed E-state index contributed by atoms with van der Waals surface area (Å²) in [5.74, 6) is -0.196. The van der Waals surface area contributed by atoms with Crippen molar-refractivity contribution in [1.82, 2.24) is 20.4 Å². The minimum atomic E-state index is -0.327. The van der Waals surface area contributed by atoms with Crippen LogP contribution in [0.15, 0.2) is 59.1 Å². The fraction of sp³-hybridized carbons (Fsp3) is 0.417. The molecule has 2 aromatic rings. The molecule has 1 aliphatic heterocycles. The van der Waals surface area contributed by atoms with Crippen LogP contribution in [-0.2, 0) is 16.1 Å². The summed E-state index contributed by atoms with van der Waals surface area (Å²) in [5.41, 5.74) is 2.27. The number of rotatable bonds is 9. The minimum absolute atomic E-state index is 0.0515. The van der Waals surface area contributed by atoms with Crippen LogP contribution in [-0.4, -0.2) is 60.9 Å². The van der Waals surface area contributed by atoms with E-state index < -0.39 is 0 Å². The highest BCUT2D eigenvalue weighted by atomic mass is 79.9. The van der Waals surface area contributed by atoms with Crippen molar-refractivity contribution < 1.29 is 9.59 Å². The van der Waals surface area contributed by atoms with Crippen LogP contribution in [0.25, 0.3) is 0 Å². The van der Waals surface area contributed by atoms with Gasteiger partial charge >= 0.3 is 0 Å². The highest BCUT2D eigenvalue weighted by Gasteiger charge is 2.19. The molecule has 1 atom stereocenters. The Kier molecular flexibility index (Phi) is 9.06. The number of amides is 2. The predicted molar refractivity (Wildman–Crippen MR) is 126 cm³/mol. The topological polar surface area (TPSA) is 64.7 Å². The van der Waals surface area contributed by atoms with E-state index in [2.05, 4.69) is 60.6 Å². The van der Waals surface area contributed by atoms with Gasteiger partial charge in [0, 0.05) is 57.2 Å². The highest BCUT2D eigenvalue weighted by Crippen LogP contribution is 2.19. The Morgan fingerprint density at radius 2 is 1.61 bits per heavy atom. The lowest BCUT2D eigenvalue weighted by Crippen LogP contribution is -2.48. The fourth-order valence-electron chi connectivity index (χ4n) is 3.82. The maximum Gasteiger partial charge on any atom is 0.222 e. The van der Waals surface area contributed by atoms with Gasteiger partial charge in [0.2, 0.25) is 11.8 Å². The van der Waals surface area contributed by atoms with Crippen LogP contribution in [0, 0.1) is 0 Å². The van der Waals surface area contributed by atoms with Gasteiger partial charge in [-0.05, 0) is 23.3 Å². The Balaban J connectivity index is 1.38. The monoisotopic (exact) mass is 486 g/mol. The van der Waals surface area contributed by atoms with Gasteiger partial charge in [-0.1, -0.05) is 58.4 Å². The molecule has 0 aromatic heterocycles. The molecule has 0 radical (unpaired) electrons. The second kappa shape index (κ2) is 12.0. The quantitative estimate of drug-likeness (QED) is 0.571. The van der Waals surface area contributed by atoms with E-state index in [0.717, 1.165) is 49.3 Å². The molecule has 1 heterocycles. The maximum atomic E-state index is 12.5. The van der Waals surface area contributed by atoms with E-state index in [-0.39, 0.29) is 24.3 Å². The number of benzene rings is 2. The number of hydrogen-bond donors (Lipinski definition) is 2. The van der Waals surface area contributed by atoms with Crippen LogP contribution >= 0.6 is 15.9 Å². The van der Waals surface area contributed by atoms with Gasteiger partial charge in [-0.25, -0.2) is 0 Å². The molecule has 31 heavy (non-hydrogen) atoms. The van der Waals surface area contributed by atoms with Crippen molar-refractivity contribution in [2.75, 3.05) is 39.3 Å². The average Bonchev–Trinajstić information content (AvgIpc) is 2.75. The third-order valence-electron chi connectivity index (χ3n) is 5.50. The van der Waals surface area contributed by atoms with E-state index >= 15 is 0 Å². The zero-order chi connectivity index (χ0) is 22.1. The molecule has 0 saturated carbocycles. The Labute approximate surface area is 193 Å². The number of nitrogens with one attached hydrogen (secondary N) is 2. The van der Waals surface area contributed by atoms with Gasteiger partial charge < -0.3 is 10.6 Å². The first-order valence-corrected chi connectivity index (χ1v) is 11.6. The van der Waals surface area contributed by atoms with E-state index in [1.807, 2.05) is 30.3 Å². The Morgan fingerprint density at radius 1 is 0.968 bits per heavy atom. The first-order valence-electron chi connectivity index (χ1n) is 10.8. The third kappa shape index (κ3) is 8.09. The molecular weight excluding hydrogens is 456 g/mol. The zero-order valence-electron chi connectivity index (χ0n) is 18.0. The molecule has 1 saturated heterocycles. The van der Waals surface area contributed by atoms with Crippen molar-refractivity contribution in [2.45, 2.75) is 25.9 Å². The smallest absolute Gasteiger partial charge is 0.222 e. The van der Waals surface area contributed by atoms with Crippen LogP contribution in [0.3, 0.4) is 0 Å². The molecule has 1 aliphatic rings. The molecule has 3 rings (SSSR count). The molecule has 0 bridgehead atoms. The number of piperazine rings is 1. The molecule has 6 nitrogen and oxygen atoms in total. The lowest BCUT2D eigenvalue weighted by atomic mass is 10.0. The summed E-state index contributed by atoms with van der Waals surface area (Å²) in [6, 6.07) is 17.9. The molecule has 2 aromatic carbocycles. The van der Waals surface area contributed by atoms with Crippen molar-refractivity contribution in [3.05, 3.63) is 70.2 Å². The lowest BCUT2D eigenvalue weighted by Gasteiger charge is -2.34. The molecule has 1 fully saturated rings. The van der Waals surface area contributed by atoms with Gasteiger partial charge in [0.15, 0.2) is 0 Å². The molecule has 0 aliphatic carbocycles. The van der Waals surface area contributed by atoms with Crippen LogP contribution in [0.1, 0.15) is 30.5 Å². The fourth-order valence-corrected chi connectivity index (χ4v) is 4.08. The molecule has 1 unspecified atom stereocenters. The standard InChI is InChI=1S/C24H31BrN4O2/c1-19(30)27-23(21-7-9-22(25)10-8-21)17-24(31)26-11-12-28-13-15-29(16-14-28)18-20-5-3-2-4-6-20/h2-10,23H,11-18H2,1H3,(H,26,31)(H,27,30). The third-order valence-corrected chi connectivity index (χ3v) is 6.03.